The topological polar surface area (TPSA) is 12.0 Å². The molecule has 0 saturated heterocycles. The molecular weight excluding hydrogens is 158 g/mol. The van der Waals surface area contributed by atoms with Gasteiger partial charge in [-0.1, -0.05) is 33.6 Å². The molecule has 0 amide bonds. The Balaban J connectivity index is 1.80. The third-order valence-electron chi connectivity index (χ3n) is 4.31. The van der Waals surface area contributed by atoms with Crippen LogP contribution in [-0.4, -0.2) is 12.6 Å². The van der Waals surface area contributed by atoms with E-state index < -0.39 is 0 Å². The van der Waals surface area contributed by atoms with Crippen LogP contribution in [0.15, 0.2) is 0 Å². The van der Waals surface area contributed by atoms with Crippen LogP contribution in [0, 0.1) is 17.3 Å². The van der Waals surface area contributed by atoms with Crippen LogP contribution in [0.25, 0.3) is 0 Å². The van der Waals surface area contributed by atoms with Crippen LogP contribution in [0.3, 0.4) is 0 Å². The molecule has 1 N–H and O–H groups in total. The van der Waals surface area contributed by atoms with Gasteiger partial charge in [-0.3, -0.25) is 0 Å². The van der Waals surface area contributed by atoms with Crippen molar-refractivity contribution in [3.63, 3.8) is 0 Å². The van der Waals surface area contributed by atoms with Crippen LogP contribution in [0.1, 0.15) is 46.5 Å². The van der Waals surface area contributed by atoms with Crippen LogP contribution >= 0.6 is 0 Å². The zero-order valence-electron chi connectivity index (χ0n) is 9.27. The van der Waals surface area contributed by atoms with E-state index in [-0.39, 0.29) is 0 Å². The predicted molar refractivity (Wildman–Crippen MR) is 56.7 cm³/mol. The van der Waals surface area contributed by atoms with Crippen LogP contribution in [0.4, 0.5) is 0 Å². The molecule has 2 rings (SSSR count). The summed E-state index contributed by atoms with van der Waals surface area (Å²) in [7, 11) is 0. The molecule has 0 aromatic carbocycles. The smallest absolute Gasteiger partial charge is 0.00104 e. The normalized spacial score (nSPS) is 43.4. The van der Waals surface area contributed by atoms with Crippen LogP contribution in [0.5, 0.6) is 0 Å². The van der Waals surface area contributed by atoms with E-state index in [2.05, 4.69) is 26.1 Å². The molecule has 2 aliphatic rings. The van der Waals surface area contributed by atoms with E-state index >= 15 is 0 Å². The van der Waals surface area contributed by atoms with E-state index in [4.69, 9.17) is 0 Å². The predicted octanol–water partition coefficient (Wildman–Crippen LogP) is 2.81. The van der Waals surface area contributed by atoms with Gasteiger partial charge in [0.05, 0.1) is 0 Å². The van der Waals surface area contributed by atoms with Gasteiger partial charge in [-0.15, -0.1) is 0 Å². The monoisotopic (exact) mass is 181 g/mol. The highest BCUT2D eigenvalue weighted by Crippen LogP contribution is 2.65. The second-order valence-corrected chi connectivity index (χ2v) is 5.49. The second-order valence-electron chi connectivity index (χ2n) is 5.49. The number of nitrogens with one attached hydrogen (secondary N) is 1. The molecule has 0 heterocycles. The third kappa shape index (κ3) is 1.63. The van der Waals surface area contributed by atoms with E-state index in [1.165, 1.54) is 32.2 Å². The lowest BCUT2D eigenvalue weighted by atomic mass is 9.92. The van der Waals surface area contributed by atoms with Gasteiger partial charge >= 0.3 is 0 Å². The van der Waals surface area contributed by atoms with Crippen molar-refractivity contribution in [2.45, 2.75) is 52.5 Å². The quantitative estimate of drug-likeness (QED) is 0.706. The molecule has 2 fully saturated rings. The number of rotatable bonds is 3. The Morgan fingerprint density at radius 2 is 2.23 bits per heavy atom. The van der Waals surface area contributed by atoms with Gasteiger partial charge in [0.15, 0.2) is 0 Å². The fourth-order valence-electron chi connectivity index (χ4n) is 3.23. The fourth-order valence-corrected chi connectivity index (χ4v) is 3.23. The zero-order chi connectivity index (χ0) is 9.47. The van der Waals surface area contributed by atoms with Crippen molar-refractivity contribution in [3.05, 3.63) is 0 Å². The Morgan fingerprint density at radius 1 is 1.46 bits per heavy atom. The van der Waals surface area contributed by atoms with Gasteiger partial charge in [-0.2, -0.15) is 0 Å². The highest BCUT2D eigenvalue weighted by Gasteiger charge is 2.58. The summed E-state index contributed by atoms with van der Waals surface area (Å²) in [4.78, 5) is 0. The minimum absolute atomic E-state index is 0.661. The van der Waals surface area contributed by atoms with E-state index in [0.717, 1.165) is 17.3 Å². The lowest BCUT2D eigenvalue weighted by Crippen LogP contribution is -2.27. The maximum Gasteiger partial charge on any atom is 0.00104 e. The minimum atomic E-state index is 0.661. The molecule has 0 aromatic rings. The molecule has 0 bridgehead atoms. The minimum Gasteiger partial charge on any atom is -0.314 e. The lowest BCUT2D eigenvalue weighted by molar-refractivity contribution is 0.346. The van der Waals surface area contributed by atoms with Gasteiger partial charge in [0, 0.05) is 6.04 Å². The first-order chi connectivity index (χ1) is 6.15. The molecular formula is C12H23N. The maximum atomic E-state index is 3.58. The molecule has 1 spiro atoms. The molecule has 76 valence electrons. The Hall–Kier alpha value is -0.0400. The first-order valence-corrected chi connectivity index (χ1v) is 5.88. The van der Waals surface area contributed by atoms with Crippen molar-refractivity contribution in [2.75, 3.05) is 6.54 Å². The molecule has 1 heteroatoms. The summed E-state index contributed by atoms with van der Waals surface area (Å²) in [6, 6.07) is 0.661. The molecule has 13 heavy (non-hydrogen) atoms. The number of hydrogen-bond acceptors (Lipinski definition) is 1. The highest BCUT2D eigenvalue weighted by molar-refractivity contribution is 5.08. The van der Waals surface area contributed by atoms with Gasteiger partial charge in [0.1, 0.15) is 0 Å². The molecule has 2 saturated carbocycles. The van der Waals surface area contributed by atoms with E-state index in [9.17, 15) is 0 Å². The van der Waals surface area contributed by atoms with Gasteiger partial charge in [0.2, 0.25) is 0 Å². The van der Waals surface area contributed by atoms with E-state index in [0.29, 0.717) is 6.04 Å². The summed E-state index contributed by atoms with van der Waals surface area (Å²) in [6.07, 6.45) is 5.99. The van der Waals surface area contributed by atoms with Crippen molar-refractivity contribution in [2.24, 2.45) is 17.3 Å². The van der Waals surface area contributed by atoms with Crippen molar-refractivity contribution in [1.82, 2.24) is 5.32 Å². The second kappa shape index (κ2) is 3.27. The summed E-state index contributed by atoms with van der Waals surface area (Å²) >= 11 is 0. The molecule has 3 unspecified atom stereocenters. The first kappa shape index (κ1) is 9.51. The van der Waals surface area contributed by atoms with Crippen LogP contribution < -0.4 is 5.32 Å². The summed E-state index contributed by atoms with van der Waals surface area (Å²) in [5.41, 5.74) is 0.794. The summed E-state index contributed by atoms with van der Waals surface area (Å²) < 4.78 is 0. The Morgan fingerprint density at radius 3 is 2.77 bits per heavy atom. The largest absolute Gasteiger partial charge is 0.314 e. The maximum absolute atomic E-state index is 3.58. The van der Waals surface area contributed by atoms with Crippen molar-refractivity contribution in [3.8, 4) is 0 Å². The average molecular weight is 181 g/mol. The Labute approximate surface area is 82.3 Å². The first-order valence-electron chi connectivity index (χ1n) is 5.88. The van der Waals surface area contributed by atoms with Gasteiger partial charge in [-0.05, 0) is 36.6 Å². The third-order valence-corrected chi connectivity index (χ3v) is 4.31. The van der Waals surface area contributed by atoms with E-state index in [1.807, 2.05) is 0 Å². The highest BCUT2D eigenvalue weighted by atomic mass is 14.9. The van der Waals surface area contributed by atoms with Crippen molar-refractivity contribution < 1.29 is 0 Å². The molecule has 1 nitrogen and oxygen atoms in total. The molecule has 3 atom stereocenters. The average Bonchev–Trinajstić information content (AvgIpc) is 2.64. The molecule has 0 aromatic heterocycles. The summed E-state index contributed by atoms with van der Waals surface area (Å²) in [6.45, 7) is 8.21. The van der Waals surface area contributed by atoms with Crippen LogP contribution in [-0.2, 0) is 0 Å². The molecule has 0 aliphatic heterocycles. The van der Waals surface area contributed by atoms with Gasteiger partial charge < -0.3 is 5.32 Å². The van der Waals surface area contributed by atoms with Crippen LogP contribution in [0.2, 0.25) is 0 Å². The van der Waals surface area contributed by atoms with Crippen molar-refractivity contribution >= 4 is 0 Å². The zero-order valence-corrected chi connectivity index (χ0v) is 9.27. The Kier molecular flexibility index (Phi) is 2.39. The molecule has 2 aliphatic carbocycles. The van der Waals surface area contributed by atoms with Gasteiger partial charge in [-0.25, -0.2) is 0 Å². The SMILES string of the molecule is CC(C)NCC1CC12CCCC2C. The summed E-state index contributed by atoms with van der Waals surface area (Å²) in [5.74, 6) is 2.01. The van der Waals surface area contributed by atoms with Crippen molar-refractivity contribution in [1.29, 1.82) is 0 Å². The fraction of sp³-hybridized carbons (Fsp3) is 1.00. The molecule has 0 radical (unpaired) electrons. The standard InChI is InChI=1S/C12H23N/c1-9(2)13-8-11-7-12(11)6-4-5-10(12)3/h9-11,13H,4-8H2,1-3H3. The summed E-state index contributed by atoms with van der Waals surface area (Å²) in [5, 5.41) is 3.58. The number of hydrogen-bond donors (Lipinski definition) is 1. The Bertz CT molecular complexity index is 188. The van der Waals surface area contributed by atoms with Gasteiger partial charge in [0.25, 0.3) is 0 Å². The van der Waals surface area contributed by atoms with E-state index in [1.54, 1.807) is 0 Å². The lowest BCUT2D eigenvalue weighted by Gasteiger charge is -2.16.